The number of primary amides is 1. The van der Waals surface area contributed by atoms with Crippen LogP contribution in [0.1, 0.15) is 16.8 Å². The van der Waals surface area contributed by atoms with Gasteiger partial charge in [0.25, 0.3) is 5.91 Å². The van der Waals surface area contributed by atoms with Gasteiger partial charge in [0, 0.05) is 5.56 Å². The number of carbonyl (C=O) groups excluding carboxylic acids is 2. The van der Waals surface area contributed by atoms with Gasteiger partial charge < -0.3 is 16.2 Å². The Bertz CT molecular complexity index is 430. The fraction of sp³-hybridized carbons (Fsp3) is 0.182. The number of carboxylic acid groups (broad SMARTS) is 1. The molecule has 0 heterocycles. The van der Waals surface area contributed by atoms with Crippen LogP contribution < -0.4 is 11.1 Å². The highest BCUT2D eigenvalue weighted by Crippen LogP contribution is 2.00. The summed E-state index contributed by atoms with van der Waals surface area (Å²) in [5.41, 5.74) is 5.21. The summed E-state index contributed by atoms with van der Waals surface area (Å²) in [6, 6.07) is 6.81. The fourth-order valence-corrected chi connectivity index (χ4v) is 1.23. The molecule has 0 spiro atoms. The summed E-state index contributed by atoms with van der Waals surface area (Å²) in [6.45, 7) is 0. The first kappa shape index (κ1) is 12.7. The van der Waals surface area contributed by atoms with E-state index in [2.05, 4.69) is 5.32 Å². The maximum absolute atomic E-state index is 11.6. The normalized spacial score (nSPS) is 11.5. The Labute approximate surface area is 97.4 Å². The Morgan fingerprint density at radius 2 is 1.82 bits per heavy atom. The molecule has 0 aliphatic heterocycles. The predicted molar refractivity (Wildman–Crippen MR) is 59.1 cm³/mol. The Hall–Kier alpha value is -2.37. The predicted octanol–water partition coefficient (Wildman–Crippen LogP) is -0.255. The van der Waals surface area contributed by atoms with Crippen molar-refractivity contribution in [1.82, 2.24) is 5.32 Å². The van der Waals surface area contributed by atoms with Crippen LogP contribution in [0.25, 0.3) is 0 Å². The number of carbonyl (C=O) groups is 3. The number of hydrogen-bond donors (Lipinski definition) is 3. The molecule has 6 nitrogen and oxygen atoms in total. The van der Waals surface area contributed by atoms with E-state index in [9.17, 15) is 14.4 Å². The molecule has 17 heavy (non-hydrogen) atoms. The van der Waals surface area contributed by atoms with E-state index >= 15 is 0 Å². The second-order valence-corrected chi connectivity index (χ2v) is 3.40. The SMILES string of the molecule is NC(=O)CC(NC(=O)c1ccccc1)C(=O)O. The lowest BCUT2D eigenvalue weighted by atomic mass is 10.1. The zero-order chi connectivity index (χ0) is 12.8. The van der Waals surface area contributed by atoms with Gasteiger partial charge in [0.05, 0.1) is 6.42 Å². The molecular formula is C11H12N2O4. The zero-order valence-electron chi connectivity index (χ0n) is 8.92. The van der Waals surface area contributed by atoms with E-state index in [4.69, 9.17) is 10.8 Å². The van der Waals surface area contributed by atoms with Gasteiger partial charge in [-0.1, -0.05) is 18.2 Å². The summed E-state index contributed by atoms with van der Waals surface area (Å²) in [4.78, 5) is 33.0. The second-order valence-electron chi connectivity index (χ2n) is 3.40. The largest absolute Gasteiger partial charge is 0.480 e. The van der Waals surface area contributed by atoms with E-state index in [-0.39, 0.29) is 0 Å². The van der Waals surface area contributed by atoms with Crippen molar-refractivity contribution in [2.75, 3.05) is 0 Å². The van der Waals surface area contributed by atoms with Gasteiger partial charge in [-0.3, -0.25) is 9.59 Å². The number of aliphatic carboxylic acids is 1. The van der Waals surface area contributed by atoms with E-state index in [1.165, 1.54) is 0 Å². The Balaban J connectivity index is 2.71. The van der Waals surface area contributed by atoms with Crippen LogP contribution in [0.2, 0.25) is 0 Å². The highest BCUT2D eigenvalue weighted by atomic mass is 16.4. The minimum Gasteiger partial charge on any atom is -0.480 e. The van der Waals surface area contributed by atoms with Gasteiger partial charge in [-0.05, 0) is 12.1 Å². The first-order chi connectivity index (χ1) is 8.00. The van der Waals surface area contributed by atoms with Crippen molar-refractivity contribution >= 4 is 17.8 Å². The third-order valence-electron chi connectivity index (χ3n) is 2.04. The zero-order valence-corrected chi connectivity index (χ0v) is 8.92. The number of nitrogens with one attached hydrogen (secondary N) is 1. The van der Waals surface area contributed by atoms with Gasteiger partial charge in [-0.25, -0.2) is 4.79 Å². The molecule has 6 heteroatoms. The molecule has 4 N–H and O–H groups in total. The van der Waals surface area contributed by atoms with Gasteiger partial charge in [-0.15, -0.1) is 0 Å². The van der Waals surface area contributed by atoms with Crippen molar-refractivity contribution in [2.24, 2.45) is 5.73 Å². The summed E-state index contributed by atoms with van der Waals surface area (Å²) < 4.78 is 0. The summed E-state index contributed by atoms with van der Waals surface area (Å²) in [5, 5.41) is 11.0. The molecule has 0 fully saturated rings. The molecule has 0 saturated heterocycles. The number of rotatable bonds is 5. The van der Waals surface area contributed by atoms with Crippen LogP contribution in [0.5, 0.6) is 0 Å². The Kier molecular flexibility index (Phi) is 4.21. The van der Waals surface area contributed by atoms with Crippen molar-refractivity contribution in [3.63, 3.8) is 0 Å². The minimum atomic E-state index is -1.31. The van der Waals surface area contributed by atoms with Crippen molar-refractivity contribution < 1.29 is 19.5 Å². The number of hydrogen-bond acceptors (Lipinski definition) is 3. The van der Waals surface area contributed by atoms with Gasteiger partial charge in [0.2, 0.25) is 5.91 Å². The molecule has 1 aromatic carbocycles. The Morgan fingerprint density at radius 3 is 2.29 bits per heavy atom. The van der Waals surface area contributed by atoms with E-state index in [1.807, 2.05) is 0 Å². The quantitative estimate of drug-likeness (QED) is 0.654. The molecular weight excluding hydrogens is 224 g/mol. The number of carboxylic acids is 1. The van der Waals surface area contributed by atoms with Crippen molar-refractivity contribution in [2.45, 2.75) is 12.5 Å². The maximum Gasteiger partial charge on any atom is 0.326 e. The molecule has 0 aliphatic carbocycles. The van der Waals surface area contributed by atoms with Gasteiger partial charge in [0.1, 0.15) is 6.04 Å². The van der Waals surface area contributed by atoms with Crippen LogP contribution in [0.4, 0.5) is 0 Å². The molecule has 0 bridgehead atoms. The molecule has 1 unspecified atom stereocenters. The molecule has 0 saturated carbocycles. The van der Waals surface area contributed by atoms with E-state index < -0.39 is 30.2 Å². The molecule has 1 rings (SSSR count). The highest BCUT2D eigenvalue weighted by Gasteiger charge is 2.22. The van der Waals surface area contributed by atoms with Crippen LogP contribution >= 0.6 is 0 Å². The molecule has 0 aromatic heterocycles. The number of amides is 2. The minimum absolute atomic E-state index is 0.322. The van der Waals surface area contributed by atoms with E-state index in [0.29, 0.717) is 5.56 Å². The first-order valence-corrected chi connectivity index (χ1v) is 4.87. The molecule has 0 aliphatic rings. The maximum atomic E-state index is 11.6. The summed E-state index contributed by atoms with van der Waals surface area (Å²) in [6.07, 6.45) is -0.437. The average Bonchev–Trinajstić information content (AvgIpc) is 2.28. The van der Waals surface area contributed by atoms with Crippen LogP contribution in [0.15, 0.2) is 30.3 Å². The standard InChI is InChI=1S/C11H12N2O4/c12-9(14)6-8(11(16)17)13-10(15)7-4-2-1-3-5-7/h1-5,8H,6H2,(H2,12,14)(H,13,15)(H,16,17). The summed E-state index contributed by atoms with van der Waals surface area (Å²) in [7, 11) is 0. The molecule has 1 aromatic rings. The van der Waals surface area contributed by atoms with Crippen molar-refractivity contribution in [3.05, 3.63) is 35.9 Å². The molecule has 1 atom stereocenters. The monoisotopic (exact) mass is 236 g/mol. The van der Waals surface area contributed by atoms with Crippen LogP contribution in [0, 0.1) is 0 Å². The van der Waals surface area contributed by atoms with Gasteiger partial charge in [0.15, 0.2) is 0 Å². The van der Waals surface area contributed by atoms with Crippen LogP contribution in [0.3, 0.4) is 0 Å². The van der Waals surface area contributed by atoms with Crippen LogP contribution in [-0.4, -0.2) is 28.9 Å². The summed E-state index contributed by atoms with van der Waals surface area (Å²) in [5.74, 6) is -2.64. The Morgan fingerprint density at radius 1 is 1.24 bits per heavy atom. The van der Waals surface area contributed by atoms with Crippen molar-refractivity contribution in [3.8, 4) is 0 Å². The lowest BCUT2D eigenvalue weighted by molar-refractivity contribution is -0.140. The van der Waals surface area contributed by atoms with Gasteiger partial charge >= 0.3 is 5.97 Å². The third-order valence-corrected chi connectivity index (χ3v) is 2.04. The topological polar surface area (TPSA) is 109 Å². The number of nitrogens with two attached hydrogens (primary N) is 1. The van der Waals surface area contributed by atoms with Crippen LogP contribution in [-0.2, 0) is 9.59 Å². The second kappa shape index (κ2) is 5.64. The summed E-state index contributed by atoms with van der Waals surface area (Å²) >= 11 is 0. The highest BCUT2D eigenvalue weighted by molar-refractivity contribution is 5.97. The molecule has 0 radical (unpaired) electrons. The number of benzene rings is 1. The molecule has 2 amide bonds. The van der Waals surface area contributed by atoms with Crippen molar-refractivity contribution in [1.29, 1.82) is 0 Å². The van der Waals surface area contributed by atoms with Gasteiger partial charge in [-0.2, -0.15) is 0 Å². The van der Waals surface area contributed by atoms with E-state index in [1.54, 1.807) is 30.3 Å². The molecule has 90 valence electrons. The lowest BCUT2D eigenvalue weighted by Gasteiger charge is -2.12. The average molecular weight is 236 g/mol. The fourth-order valence-electron chi connectivity index (χ4n) is 1.23. The first-order valence-electron chi connectivity index (χ1n) is 4.87. The third kappa shape index (κ3) is 3.94. The smallest absolute Gasteiger partial charge is 0.326 e. The van der Waals surface area contributed by atoms with E-state index in [0.717, 1.165) is 0 Å². The lowest BCUT2D eigenvalue weighted by Crippen LogP contribution is -2.43.